The summed E-state index contributed by atoms with van der Waals surface area (Å²) >= 11 is 0. The number of hydrogen-bond acceptors (Lipinski definition) is 8. The van der Waals surface area contributed by atoms with Crippen molar-refractivity contribution in [1.29, 1.82) is 0 Å². The first kappa shape index (κ1) is 33.4. The maximum Gasteiger partial charge on any atom is 0.410 e. The molecule has 1 aliphatic heterocycles. The third kappa shape index (κ3) is 9.44. The fraction of sp³-hybridized carbons (Fsp3) is 0.500. The molecule has 0 saturated heterocycles. The van der Waals surface area contributed by atoms with E-state index >= 15 is 0 Å². The quantitative estimate of drug-likeness (QED) is 0.366. The van der Waals surface area contributed by atoms with Crippen LogP contribution >= 0.6 is 0 Å². The Bertz CT molecular complexity index is 1280. The summed E-state index contributed by atoms with van der Waals surface area (Å²) in [5, 5.41) is 6.62. The molecule has 11 heteroatoms. The Morgan fingerprint density at radius 3 is 2.14 bits per heavy atom. The number of esters is 1. The third-order valence-electron chi connectivity index (χ3n) is 7.14. The van der Waals surface area contributed by atoms with Gasteiger partial charge >= 0.3 is 12.1 Å². The van der Waals surface area contributed by atoms with E-state index in [2.05, 4.69) is 5.32 Å². The molecule has 1 aliphatic rings. The smallest absolute Gasteiger partial charge is 0.410 e. The lowest BCUT2D eigenvalue weighted by Gasteiger charge is -2.32. The minimum Gasteiger partial charge on any atom is -0.462 e. The highest BCUT2D eigenvalue weighted by molar-refractivity contribution is 5.91. The summed E-state index contributed by atoms with van der Waals surface area (Å²) in [6.07, 6.45) is -0.481. The fourth-order valence-corrected chi connectivity index (χ4v) is 4.63. The summed E-state index contributed by atoms with van der Waals surface area (Å²) in [4.78, 5) is 54.9. The van der Waals surface area contributed by atoms with Gasteiger partial charge in [-0.2, -0.15) is 0 Å². The molecule has 0 atom stereocenters. The van der Waals surface area contributed by atoms with Crippen LogP contribution in [0, 0.1) is 6.92 Å². The minimum absolute atomic E-state index is 0.113. The maximum atomic E-state index is 13.6. The van der Waals surface area contributed by atoms with Crippen LogP contribution < -0.4 is 5.32 Å². The Labute approximate surface area is 254 Å². The van der Waals surface area contributed by atoms with Crippen LogP contribution in [0.25, 0.3) is 0 Å². The van der Waals surface area contributed by atoms with E-state index in [0.717, 1.165) is 16.7 Å². The number of carbonyl (C=O) groups excluding carboxylic acids is 4. The van der Waals surface area contributed by atoms with Crippen molar-refractivity contribution in [1.82, 2.24) is 19.8 Å². The summed E-state index contributed by atoms with van der Waals surface area (Å²) in [6.45, 7) is 12.7. The second-order valence-corrected chi connectivity index (χ2v) is 11.5. The first-order chi connectivity index (χ1) is 20.3. The molecule has 0 aromatic heterocycles. The second kappa shape index (κ2) is 14.9. The number of nitrogens with one attached hydrogen (secondary N) is 1. The van der Waals surface area contributed by atoms with Crippen molar-refractivity contribution in [3.63, 3.8) is 0 Å². The highest BCUT2D eigenvalue weighted by Gasteiger charge is 2.28. The van der Waals surface area contributed by atoms with Gasteiger partial charge in [-0.3, -0.25) is 14.6 Å². The van der Waals surface area contributed by atoms with Crippen molar-refractivity contribution in [2.45, 2.75) is 60.2 Å². The van der Waals surface area contributed by atoms with Crippen molar-refractivity contribution in [3.8, 4) is 0 Å². The molecular formula is C32H45N5O6. The molecule has 0 bridgehead atoms. The van der Waals surface area contributed by atoms with Crippen LogP contribution in [0.2, 0.25) is 0 Å². The average Bonchev–Trinajstić information content (AvgIpc) is 3.39. The number of rotatable bonds is 12. The molecule has 2 aromatic rings. The number of hydrogen-bond donors (Lipinski definition) is 1. The van der Waals surface area contributed by atoms with Crippen LogP contribution in [0.1, 0.15) is 61.7 Å². The topological polar surface area (TPSA) is 112 Å². The van der Waals surface area contributed by atoms with Gasteiger partial charge in [0.25, 0.3) is 5.91 Å². The van der Waals surface area contributed by atoms with E-state index in [4.69, 9.17) is 9.47 Å². The number of nitrogens with zero attached hydrogens (tertiary/aromatic N) is 4. The SMILES string of the molecule is CCOC(=O)c1ccc(C)c(NCC(=O)N(CCN(CC)C(=O)OC(C)(C)C)CC(=O)N(C)N2Cc3ccccc3C2)c1. The molecule has 0 saturated carbocycles. The van der Waals surface area contributed by atoms with E-state index in [-0.39, 0.29) is 44.6 Å². The zero-order chi connectivity index (χ0) is 31.7. The van der Waals surface area contributed by atoms with Crippen LogP contribution in [0.5, 0.6) is 0 Å². The van der Waals surface area contributed by atoms with Gasteiger partial charge in [0.05, 0.1) is 18.7 Å². The highest BCUT2D eigenvalue weighted by Crippen LogP contribution is 2.23. The lowest BCUT2D eigenvalue weighted by Crippen LogP contribution is -2.50. The first-order valence-electron chi connectivity index (χ1n) is 14.7. The molecule has 0 fully saturated rings. The largest absolute Gasteiger partial charge is 0.462 e. The van der Waals surface area contributed by atoms with Crippen molar-refractivity contribution in [2.75, 3.05) is 51.7 Å². The van der Waals surface area contributed by atoms with Gasteiger partial charge in [0, 0.05) is 45.5 Å². The van der Waals surface area contributed by atoms with Gasteiger partial charge in [0.15, 0.2) is 0 Å². The Morgan fingerprint density at radius 2 is 1.56 bits per heavy atom. The molecule has 43 heavy (non-hydrogen) atoms. The van der Waals surface area contributed by atoms with Crippen molar-refractivity contribution in [2.24, 2.45) is 0 Å². The molecule has 0 radical (unpaired) electrons. The van der Waals surface area contributed by atoms with Gasteiger partial charge in [0.2, 0.25) is 5.91 Å². The van der Waals surface area contributed by atoms with E-state index < -0.39 is 17.7 Å². The summed E-state index contributed by atoms with van der Waals surface area (Å²) < 4.78 is 10.6. The maximum absolute atomic E-state index is 13.6. The highest BCUT2D eigenvalue weighted by atomic mass is 16.6. The monoisotopic (exact) mass is 595 g/mol. The molecule has 11 nitrogen and oxygen atoms in total. The summed E-state index contributed by atoms with van der Waals surface area (Å²) in [5.41, 5.74) is 3.50. The summed E-state index contributed by atoms with van der Waals surface area (Å²) in [6, 6.07) is 13.2. The number of likely N-dealkylation sites (N-methyl/N-ethyl adjacent to an activating group) is 2. The fourth-order valence-electron chi connectivity index (χ4n) is 4.63. The van der Waals surface area contributed by atoms with Gasteiger partial charge in [-0.25, -0.2) is 14.6 Å². The van der Waals surface area contributed by atoms with E-state index in [1.165, 1.54) is 9.80 Å². The normalized spacial score (nSPS) is 12.7. The van der Waals surface area contributed by atoms with E-state index in [1.807, 2.05) is 43.1 Å². The number of benzene rings is 2. The number of carbonyl (C=O) groups is 4. The molecule has 0 unspecified atom stereocenters. The molecule has 1 N–H and O–H groups in total. The Morgan fingerprint density at radius 1 is 0.930 bits per heavy atom. The first-order valence-corrected chi connectivity index (χ1v) is 14.7. The van der Waals surface area contributed by atoms with Gasteiger partial charge in [-0.1, -0.05) is 30.3 Å². The number of fused-ring (bicyclic) bond motifs is 1. The van der Waals surface area contributed by atoms with Crippen LogP contribution in [0.15, 0.2) is 42.5 Å². The average molecular weight is 596 g/mol. The zero-order valence-electron chi connectivity index (χ0n) is 26.4. The van der Waals surface area contributed by atoms with Gasteiger partial charge in [-0.15, -0.1) is 0 Å². The Hall–Kier alpha value is -4.12. The number of ether oxygens (including phenoxy) is 2. The Balaban J connectivity index is 1.73. The van der Waals surface area contributed by atoms with Crippen molar-refractivity contribution < 1.29 is 28.7 Å². The van der Waals surface area contributed by atoms with Gasteiger partial charge in [0.1, 0.15) is 12.1 Å². The zero-order valence-corrected chi connectivity index (χ0v) is 26.4. The predicted octanol–water partition coefficient (Wildman–Crippen LogP) is 4.06. The van der Waals surface area contributed by atoms with E-state index in [0.29, 0.717) is 30.9 Å². The van der Waals surface area contributed by atoms with Gasteiger partial charge in [-0.05, 0) is 70.4 Å². The standard InChI is InChI=1S/C32H45N5O6/c1-8-35(31(41)43-32(4,5)6)16-17-36(22-29(39)34(7)37-20-25-12-10-11-13-26(25)21-37)28(38)19-33-27-18-24(15-14-23(27)3)30(40)42-9-2/h10-15,18,33H,8-9,16-17,19-22H2,1-7H3. The molecule has 234 valence electrons. The van der Waals surface area contributed by atoms with E-state index in [9.17, 15) is 19.2 Å². The minimum atomic E-state index is -0.661. The van der Waals surface area contributed by atoms with Crippen molar-refractivity contribution in [3.05, 3.63) is 64.7 Å². The van der Waals surface area contributed by atoms with Crippen LogP contribution in [0.3, 0.4) is 0 Å². The molecule has 3 amide bonds. The molecule has 0 aliphatic carbocycles. The molecule has 2 aromatic carbocycles. The summed E-state index contributed by atoms with van der Waals surface area (Å²) in [7, 11) is 1.71. The van der Waals surface area contributed by atoms with E-state index in [1.54, 1.807) is 58.0 Å². The second-order valence-electron chi connectivity index (χ2n) is 11.5. The van der Waals surface area contributed by atoms with Crippen molar-refractivity contribution >= 4 is 29.6 Å². The number of amides is 3. The van der Waals surface area contributed by atoms with Crippen LogP contribution in [-0.2, 0) is 32.2 Å². The molecular weight excluding hydrogens is 550 g/mol. The lowest BCUT2D eigenvalue weighted by atomic mass is 10.1. The number of aryl methyl sites for hydroxylation is 1. The lowest BCUT2D eigenvalue weighted by molar-refractivity contribution is -0.151. The summed E-state index contributed by atoms with van der Waals surface area (Å²) in [5.74, 6) is -1.02. The number of anilines is 1. The molecule has 1 heterocycles. The van der Waals surface area contributed by atoms with Gasteiger partial charge < -0.3 is 24.6 Å². The van der Waals surface area contributed by atoms with Crippen LogP contribution in [-0.4, -0.2) is 95.7 Å². The number of hydrazine groups is 1. The predicted molar refractivity (Wildman–Crippen MR) is 164 cm³/mol. The van der Waals surface area contributed by atoms with Crippen LogP contribution in [0.4, 0.5) is 10.5 Å². The molecule has 0 spiro atoms. The third-order valence-corrected chi connectivity index (χ3v) is 7.14. The molecule has 3 rings (SSSR count). The Kier molecular flexibility index (Phi) is 11.5.